The molecule has 1 heterocycles. The fourth-order valence-electron chi connectivity index (χ4n) is 7.19. The molecule has 0 aliphatic heterocycles. The Kier molecular flexibility index (Phi) is 8.29. The van der Waals surface area contributed by atoms with E-state index in [0.29, 0.717) is 0 Å². The molecule has 9 rings (SSSR count). The highest BCUT2D eigenvalue weighted by atomic mass is 14.7. The lowest BCUT2D eigenvalue weighted by molar-refractivity contribution is 1.32. The summed E-state index contributed by atoms with van der Waals surface area (Å²) in [6.45, 7) is 0. The second-order valence-electron chi connectivity index (χ2n) is 13.2. The molecule has 0 bridgehead atoms. The van der Waals surface area contributed by atoms with E-state index in [1.807, 2.05) is 12.1 Å². The van der Waals surface area contributed by atoms with Crippen LogP contribution in [0.2, 0.25) is 0 Å². The molecule has 0 unspecified atom stereocenters. The molecule has 0 fully saturated rings. The van der Waals surface area contributed by atoms with Crippen molar-refractivity contribution >= 4 is 10.8 Å². The van der Waals surface area contributed by atoms with Crippen molar-refractivity contribution < 1.29 is 0 Å². The summed E-state index contributed by atoms with van der Waals surface area (Å²) in [4.78, 5) is 5.09. The van der Waals surface area contributed by atoms with Crippen LogP contribution >= 0.6 is 0 Å². The zero-order chi connectivity index (χ0) is 34.7. The Bertz CT molecular complexity index is 2610. The fraction of sp³-hybridized carbons (Fsp3) is 0. The molecular formula is C51H35N. The standard InChI is InChI=1S/C51H35N/c1-3-15-37(16-4-1)50-34-47(35-51(52-50)38-17-5-2-6-18-38)45-26-11-24-43(32-45)41-22-9-20-39(30-41)40-21-10-23-42(31-40)44-25-12-27-46(33-44)49-29-13-19-36-14-7-8-28-48(36)49/h1-35H. The number of aromatic nitrogens is 1. The van der Waals surface area contributed by atoms with Crippen LogP contribution in [0.25, 0.3) is 88.9 Å². The van der Waals surface area contributed by atoms with Crippen molar-refractivity contribution in [1.82, 2.24) is 4.98 Å². The van der Waals surface area contributed by atoms with Crippen molar-refractivity contribution in [2.75, 3.05) is 0 Å². The van der Waals surface area contributed by atoms with Crippen LogP contribution in [-0.4, -0.2) is 4.98 Å². The normalized spacial score (nSPS) is 11.1. The lowest BCUT2D eigenvalue weighted by atomic mass is 9.93. The van der Waals surface area contributed by atoms with Gasteiger partial charge in [-0.1, -0.05) is 176 Å². The summed E-state index contributed by atoms with van der Waals surface area (Å²) < 4.78 is 0. The van der Waals surface area contributed by atoms with E-state index in [0.717, 1.165) is 33.6 Å². The van der Waals surface area contributed by atoms with Gasteiger partial charge in [0, 0.05) is 11.1 Å². The van der Waals surface area contributed by atoms with E-state index < -0.39 is 0 Å². The Labute approximate surface area is 305 Å². The summed E-state index contributed by atoms with van der Waals surface area (Å²) in [5, 5.41) is 2.53. The van der Waals surface area contributed by atoms with Gasteiger partial charge in [-0.05, 0) is 103 Å². The average molecular weight is 662 g/mol. The zero-order valence-electron chi connectivity index (χ0n) is 28.7. The molecule has 0 saturated heterocycles. The molecule has 1 heteroatoms. The third kappa shape index (κ3) is 6.33. The molecule has 8 aromatic carbocycles. The van der Waals surface area contributed by atoms with Crippen molar-refractivity contribution in [3.8, 4) is 78.1 Å². The monoisotopic (exact) mass is 661 g/mol. The molecule has 0 aliphatic rings. The van der Waals surface area contributed by atoms with Crippen LogP contribution in [0.3, 0.4) is 0 Å². The fourth-order valence-corrected chi connectivity index (χ4v) is 7.19. The molecule has 0 saturated carbocycles. The van der Waals surface area contributed by atoms with Crippen molar-refractivity contribution in [2.45, 2.75) is 0 Å². The molecule has 0 aliphatic carbocycles. The maximum Gasteiger partial charge on any atom is 0.0715 e. The predicted molar refractivity (Wildman–Crippen MR) is 220 cm³/mol. The van der Waals surface area contributed by atoms with Gasteiger partial charge in [-0.15, -0.1) is 0 Å². The summed E-state index contributed by atoms with van der Waals surface area (Å²) in [5.74, 6) is 0. The van der Waals surface area contributed by atoms with Gasteiger partial charge in [0.05, 0.1) is 11.4 Å². The highest BCUT2D eigenvalue weighted by molar-refractivity contribution is 5.97. The first-order chi connectivity index (χ1) is 25.7. The molecule has 0 atom stereocenters. The van der Waals surface area contributed by atoms with E-state index >= 15 is 0 Å². The van der Waals surface area contributed by atoms with E-state index in [-0.39, 0.29) is 0 Å². The van der Waals surface area contributed by atoms with Gasteiger partial charge in [-0.3, -0.25) is 0 Å². The maximum atomic E-state index is 5.09. The largest absolute Gasteiger partial charge is 0.248 e. The van der Waals surface area contributed by atoms with Crippen LogP contribution in [0.1, 0.15) is 0 Å². The number of nitrogens with zero attached hydrogens (tertiary/aromatic N) is 1. The minimum Gasteiger partial charge on any atom is -0.248 e. The van der Waals surface area contributed by atoms with Gasteiger partial charge in [0.2, 0.25) is 0 Å². The molecule has 0 N–H and O–H groups in total. The first-order valence-corrected chi connectivity index (χ1v) is 17.8. The van der Waals surface area contributed by atoms with Crippen LogP contribution < -0.4 is 0 Å². The van der Waals surface area contributed by atoms with Gasteiger partial charge in [0.1, 0.15) is 0 Å². The van der Waals surface area contributed by atoms with Crippen LogP contribution in [0.5, 0.6) is 0 Å². The molecule has 0 spiro atoms. The number of fused-ring (bicyclic) bond motifs is 1. The van der Waals surface area contributed by atoms with Gasteiger partial charge in [0.15, 0.2) is 0 Å². The highest BCUT2D eigenvalue weighted by Crippen LogP contribution is 2.36. The van der Waals surface area contributed by atoms with E-state index in [4.69, 9.17) is 4.98 Å². The Balaban J connectivity index is 1.05. The second kappa shape index (κ2) is 13.8. The van der Waals surface area contributed by atoms with Crippen LogP contribution in [-0.2, 0) is 0 Å². The first kappa shape index (κ1) is 31.2. The molecule has 0 radical (unpaired) electrons. The maximum absolute atomic E-state index is 5.09. The summed E-state index contributed by atoms with van der Waals surface area (Å²) >= 11 is 0. The van der Waals surface area contributed by atoms with Crippen molar-refractivity contribution in [2.24, 2.45) is 0 Å². The van der Waals surface area contributed by atoms with Gasteiger partial charge >= 0.3 is 0 Å². The molecule has 0 amide bonds. The number of pyridine rings is 1. The Hall–Kier alpha value is -6.83. The molecule has 9 aromatic rings. The van der Waals surface area contributed by atoms with Crippen molar-refractivity contribution in [1.29, 1.82) is 0 Å². The summed E-state index contributed by atoms with van der Waals surface area (Å²) in [5.41, 5.74) is 16.1. The number of benzene rings is 8. The van der Waals surface area contributed by atoms with Crippen molar-refractivity contribution in [3.63, 3.8) is 0 Å². The third-order valence-electron chi connectivity index (χ3n) is 9.85. The van der Waals surface area contributed by atoms with Gasteiger partial charge in [0.25, 0.3) is 0 Å². The average Bonchev–Trinajstić information content (AvgIpc) is 3.24. The molecular weight excluding hydrogens is 627 g/mol. The van der Waals surface area contributed by atoms with E-state index in [9.17, 15) is 0 Å². The zero-order valence-corrected chi connectivity index (χ0v) is 28.7. The second-order valence-corrected chi connectivity index (χ2v) is 13.2. The third-order valence-corrected chi connectivity index (χ3v) is 9.85. The van der Waals surface area contributed by atoms with E-state index in [2.05, 4.69) is 200 Å². The van der Waals surface area contributed by atoms with Crippen LogP contribution in [0, 0.1) is 0 Å². The molecule has 52 heavy (non-hydrogen) atoms. The molecule has 1 nitrogen and oxygen atoms in total. The van der Waals surface area contributed by atoms with Gasteiger partial charge in [-0.25, -0.2) is 4.98 Å². The van der Waals surface area contributed by atoms with Crippen LogP contribution in [0.15, 0.2) is 212 Å². The lowest BCUT2D eigenvalue weighted by Crippen LogP contribution is -1.91. The quantitative estimate of drug-likeness (QED) is 0.166. The predicted octanol–water partition coefficient (Wildman–Crippen LogP) is 13.9. The first-order valence-electron chi connectivity index (χ1n) is 17.8. The Morgan fingerprint density at radius 3 is 1.08 bits per heavy atom. The Morgan fingerprint density at radius 2 is 0.577 bits per heavy atom. The van der Waals surface area contributed by atoms with Crippen LogP contribution in [0.4, 0.5) is 0 Å². The smallest absolute Gasteiger partial charge is 0.0715 e. The highest BCUT2D eigenvalue weighted by Gasteiger charge is 2.11. The number of rotatable bonds is 7. The summed E-state index contributed by atoms with van der Waals surface area (Å²) in [6, 6.07) is 76.0. The summed E-state index contributed by atoms with van der Waals surface area (Å²) in [6.07, 6.45) is 0. The molecule has 244 valence electrons. The Morgan fingerprint density at radius 1 is 0.231 bits per heavy atom. The minimum atomic E-state index is 0.965. The van der Waals surface area contributed by atoms with E-state index in [1.54, 1.807) is 0 Å². The summed E-state index contributed by atoms with van der Waals surface area (Å²) in [7, 11) is 0. The molecule has 1 aromatic heterocycles. The van der Waals surface area contributed by atoms with Gasteiger partial charge < -0.3 is 0 Å². The number of hydrogen-bond donors (Lipinski definition) is 0. The minimum absolute atomic E-state index is 0.965. The lowest BCUT2D eigenvalue weighted by Gasteiger charge is -2.12. The van der Waals surface area contributed by atoms with E-state index in [1.165, 1.54) is 55.3 Å². The van der Waals surface area contributed by atoms with Gasteiger partial charge in [-0.2, -0.15) is 0 Å². The SMILES string of the molecule is c1ccc(-c2cc(-c3cccc(-c4cccc(-c5cccc(-c6cccc(-c7cccc8ccccc78)c6)c5)c4)c3)cc(-c3ccccc3)n2)cc1. The number of hydrogen-bond acceptors (Lipinski definition) is 1. The van der Waals surface area contributed by atoms with Crippen molar-refractivity contribution in [3.05, 3.63) is 212 Å². The topological polar surface area (TPSA) is 12.9 Å².